The van der Waals surface area contributed by atoms with Crippen LogP contribution in [-0.4, -0.2) is 63.5 Å². The normalized spacial score (nSPS) is 15.0. The topological polar surface area (TPSA) is 73.0 Å². The highest BCUT2D eigenvalue weighted by atomic mass is 32.2. The molecule has 3 aromatic heterocycles. The van der Waals surface area contributed by atoms with E-state index in [1.807, 2.05) is 37.1 Å². The lowest BCUT2D eigenvalue weighted by Crippen LogP contribution is -2.35. The Labute approximate surface area is 235 Å². The molecule has 5 rings (SSSR count). The van der Waals surface area contributed by atoms with Crippen molar-refractivity contribution in [1.82, 2.24) is 23.7 Å². The summed E-state index contributed by atoms with van der Waals surface area (Å²) in [5.41, 5.74) is 2.71. The molecule has 0 spiro atoms. The van der Waals surface area contributed by atoms with E-state index in [-0.39, 0.29) is 6.04 Å². The van der Waals surface area contributed by atoms with Crippen molar-refractivity contribution in [2.45, 2.75) is 36.5 Å². The molecule has 1 fully saturated rings. The Bertz CT molecular complexity index is 1480. The van der Waals surface area contributed by atoms with E-state index in [4.69, 9.17) is 4.98 Å². The number of nitrogens with zero attached hydrogens (tertiary/aromatic N) is 6. The minimum atomic E-state index is -4.38. The van der Waals surface area contributed by atoms with Crippen LogP contribution in [-0.2, 0) is 12.7 Å². The number of hydrogen-bond acceptors (Lipinski definition) is 7. The van der Waals surface area contributed by atoms with E-state index >= 15 is 0 Å². The summed E-state index contributed by atoms with van der Waals surface area (Å²) >= 11 is 1.70. The van der Waals surface area contributed by atoms with E-state index in [0.717, 1.165) is 78.3 Å². The third kappa shape index (κ3) is 6.58. The first-order chi connectivity index (χ1) is 19.2. The Morgan fingerprint density at radius 1 is 1.05 bits per heavy atom. The van der Waals surface area contributed by atoms with Crippen LogP contribution in [0.5, 0.6) is 0 Å². The summed E-state index contributed by atoms with van der Waals surface area (Å²) < 4.78 is 42.6. The van der Waals surface area contributed by atoms with Gasteiger partial charge in [-0.25, -0.2) is 14.3 Å². The number of anilines is 1. The van der Waals surface area contributed by atoms with E-state index < -0.39 is 11.7 Å². The predicted octanol–water partition coefficient (Wildman–Crippen LogP) is 6.13. The number of aromatic nitrogens is 3. The van der Waals surface area contributed by atoms with Gasteiger partial charge in [0.2, 0.25) is 0 Å². The molecule has 1 aromatic carbocycles. The maximum Gasteiger partial charge on any atom is 0.417 e. The number of likely N-dealkylation sites (N-methyl/N-ethyl adjacent to an activating group) is 1. The molecular formula is C29H30F3N7S. The van der Waals surface area contributed by atoms with Gasteiger partial charge in [0, 0.05) is 66.7 Å². The van der Waals surface area contributed by atoms with Gasteiger partial charge < -0.3 is 14.8 Å². The molecule has 4 aromatic rings. The summed E-state index contributed by atoms with van der Waals surface area (Å²) in [5, 5.41) is 13.8. The fourth-order valence-electron chi connectivity index (χ4n) is 4.70. The predicted molar refractivity (Wildman–Crippen MR) is 152 cm³/mol. The molecule has 0 aliphatic carbocycles. The van der Waals surface area contributed by atoms with Crippen LogP contribution in [0.3, 0.4) is 0 Å². The van der Waals surface area contributed by atoms with Gasteiger partial charge in [0.05, 0.1) is 11.1 Å². The zero-order valence-corrected chi connectivity index (χ0v) is 23.1. The highest BCUT2D eigenvalue weighted by Gasteiger charge is 2.30. The van der Waals surface area contributed by atoms with Crippen LogP contribution in [0.4, 0.5) is 19.0 Å². The largest absolute Gasteiger partial charge is 0.417 e. The molecule has 208 valence electrons. The average molecular weight is 566 g/mol. The molecule has 0 saturated carbocycles. The molecular weight excluding hydrogens is 535 g/mol. The Hall–Kier alpha value is -3.59. The van der Waals surface area contributed by atoms with Gasteiger partial charge in [-0.15, -0.1) is 0 Å². The van der Waals surface area contributed by atoms with Crippen molar-refractivity contribution >= 4 is 28.8 Å². The number of alkyl halides is 3. The minimum Gasteiger partial charge on any atom is -0.367 e. The number of nitrogens with one attached hydrogen (secondary N) is 1. The van der Waals surface area contributed by atoms with Crippen LogP contribution < -0.4 is 5.32 Å². The third-order valence-corrected chi connectivity index (χ3v) is 8.05. The van der Waals surface area contributed by atoms with Crippen LogP contribution in [0.25, 0.3) is 22.2 Å². The van der Waals surface area contributed by atoms with Crippen molar-refractivity contribution in [3.05, 3.63) is 72.2 Å². The van der Waals surface area contributed by atoms with Crippen molar-refractivity contribution in [2.75, 3.05) is 39.0 Å². The summed E-state index contributed by atoms with van der Waals surface area (Å²) in [5.74, 6) is 0.467. The molecule has 0 atom stereocenters. The fourth-order valence-corrected chi connectivity index (χ4v) is 5.65. The van der Waals surface area contributed by atoms with Gasteiger partial charge in [-0.1, -0.05) is 12.1 Å². The maximum absolute atomic E-state index is 12.8. The SMILES string of the molecule is CN(C)CCn1cc(C#N)c2cc(-c3ccc(SN4CCC(Nc5ccc(C(F)(F)F)cn5)CC4)cc3)cnc21. The average Bonchev–Trinajstić information content (AvgIpc) is 3.30. The van der Waals surface area contributed by atoms with Gasteiger partial charge in [0.1, 0.15) is 17.5 Å². The molecule has 1 aliphatic heterocycles. The Morgan fingerprint density at radius 2 is 1.80 bits per heavy atom. The molecule has 4 heterocycles. The van der Waals surface area contributed by atoms with Crippen molar-refractivity contribution in [3.8, 4) is 17.2 Å². The highest BCUT2D eigenvalue weighted by Crippen LogP contribution is 2.32. The third-order valence-electron chi connectivity index (χ3n) is 6.94. The van der Waals surface area contributed by atoms with Crippen LogP contribution in [0.15, 0.2) is 66.0 Å². The van der Waals surface area contributed by atoms with Gasteiger partial charge >= 0.3 is 6.18 Å². The number of benzene rings is 1. The monoisotopic (exact) mass is 565 g/mol. The molecule has 11 heteroatoms. The molecule has 0 amide bonds. The lowest BCUT2D eigenvalue weighted by molar-refractivity contribution is -0.137. The summed E-state index contributed by atoms with van der Waals surface area (Å²) in [6, 6.07) is 15.3. The summed E-state index contributed by atoms with van der Waals surface area (Å²) in [6.45, 7) is 3.34. The Balaban J connectivity index is 1.17. The number of hydrogen-bond donors (Lipinski definition) is 1. The van der Waals surface area contributed by atoms with Gasteiger partial charge in [-0.05, 0) is 74.8 Å². The number of rotatable bonds is 8. The van der Waals surface area contributed by atoms with Crippen LogP contribution >= 0.6 is 11.9 Å². The number of halogens is 3. The van der Waals surface area contributed by atoms with Gasteiger partial charge in [0.15, 0.2) is 0 Å². The minimum absolute atomic E-state index is 0.168. The number of nitriles is 1. The molecule has 0 radical (unpaired) electrons. The Kier molecular flexibility index (Phi) is 8.30. The van der Waals surface area contributed by atoms with E-state index in [9.17, 15) is 18.4 Å². The molecule has 0 bridgehead atoms. The van der Waals surface area contributed by atoms with E-state index in [0.29, 0.717) is 11.4 Å². The van der Waals surface area contributed by atoms with E-state index in [2.05, 4.69) is 49.8 Å². The first kappa shape index (κ1) is 28.0. The van der Waals surface area contributed by atoms with E-state index in [1.165, 1.54) is 6.07 Å². The van der Waals surface area contributed by atoms with Crippen molar-refractivity contribution < 1.29 is 13.2 Å². The van der Waals surface area contributed by atoms with Crippen molar-refractivity contribution in [2.24, 2.45) is 0 Å². The smallest absolute Gasteiger partial charge is 0.367 e. The molecule has 40 heavy (non-hydrogen) atoms. The lowest BCUT2D eigenvalue weighted by atomic mass is 10.1. The molecule has 0 unspecified atom stereocenters. The number of pyridine rings is 2. The fraction of sp³-hybridized carbons (Fsp3) is 0.345. The van der Waals surface area contributed by atoms with Crippen LogP contribution in [0.1, 0.15) is 24.0 Å². The second-order valence-electron chi connectivity index (χ2n) is 10.1. The summed E-state index contributed by atoms with van der Waals surface area (Å²) in [6.07, 6.45) is 1.97. The van der Waals surface area contributed by atoms with Crippen LogP contribution in [0.2, 0.25) is 0 Å². The zero-order chi connectivity index (χ0) is 28.3. The molecule has 7 nitrogen and oxygen atoms in total. The van der Waals surface area contributed by atoms with Gasteiger partial charge in [-0.3, -0.25) is 0 Å². The molecule has 1 saturated heterocycles. The zero-order valence-electron chi connectivity index (χ0n) is 22.3. The van der Waals surface area contributed by atoms with Crippen molar-refractivity contribution in [3.63, 3.8) is 0 Å². The van der Waals surface area contributed by atoms with Gasteiger partial charge in [0.25, 0.3) is 0 Å². The van der Waals surface area contributed by atoms with E-state index in [1.54, 1.807) is 11.9 Å². The summed E-state index contributed by atoms with van der Waals surface area (Å²) in [4.78, 5) is 11.8. The number of piperidine rings is 1. The quantitative estimate of drug-likeness (QED) is 0.258. The molecule has 1 N–H and O–H groups in total. The first-order valence-electron chi connectivity index (χ1n) is 13.1. The second kappa shape index (κ2) is 11.9. The number of fused-ring (bicyclic) bond motifs is 1. The van der Waals surface area contributed by atoms with Crippen molar-refractivity contribution in [1.29, 1.82) is 5.26 Å². The second-order valence-corrected chi connectivity index (χ2v) is 11.3. The lowest BCUT2D eigenvalue weighted by Gasteiger charge is -2.31. The van der Waals surface area contributed by atoms with Crippen LogP contribution in [0, 0.1) is 11.3 Å². The first-order valence-corrected chi connectivity index (χ1v) is 13.8. The van der Waals surface area contributed by atoms with Gasteiger partial charge in [-0.2, -0.15) is 18.4 Å². The standard InChI is InChI=1S/C29H30F3N7S/c1-37(2)13-14-38-19-22(16-33)26-15-21(17-35-28(26)38)20-3-6-25(7-4-20)40-39-11-9-24(10-12-39)36-27-8-5-23(18-34-27)29(30,31)32/h3-8,15,17-19,24H,9-14H2,1-2H3,(H,34,36). The Morgan fingerprint density at radius 3 is 2.42 bits per heavy atom. The molecule has 1 aliphatic rings. The maximum atomic E-state index is 12.8. The highest BCUT2D eigenvalue weighted by molar-refractivity contribution is 7.97. The summed E-state index contributed by atoms with van der Waals surface area (Å²) in [7, 11) is 4.04.